The van der Waals surface area contributed by atoms with Crippen LogP contribution in [0.15, 0.2) is 42.5 Å². The lowest BCUT2D eigenvalue weighted by Crippen LogP contribution is -2.12. The molecular weight excluding hydrogens is 264 g/mol. The summed E-state index contributed by atoms with van der Waals surface area (Å²) in [5.41, 5.74) is 1.23. The van der Waals surface area contributed by atoms with Crippen LogP contribution in [-0.2, 0) is 11.2 Å². The molecule has 0 aromatic heterocycles. The van der Waals surface area contributed by atoms with E-state index < -0.39 is 12.1 Å². The molecule has 3 nitrogen and oxygen atoms in total. The van der Waals surface area contributed by atoms with Crippen LogP contribution in [-0.4, -0.2) is 22.3 Å². The second kappa shape index (κ2) is 7.99. The number of benzene rings is 1. The van der Waals surface area contributed by atoms with Gasteiger partial charge >= 0.3 is 5.97 Å². The van der Waals surface area contributed by atoms with Gasteiger partial charge in [0.1, 0.15) is 0 Å². The quantitative estimate of drug-likeness (QED) is 0.756. The van der Waals surface area contributed by atoms with Crippen LogP contribution in [0.25, 0.3) is 0 Å². The minimum absolute atomic E-state index is 0.236. The second-order valence-corrected chi connectivity index (χ2v) is 5.93. The molecule has 0 saturated heterocycles. The highest BCUT2D eigenvalue weighted by Gasteiger charge is 2.27. The molecule has 0 amide bonds. The van der Waals surface area contributed by atoms with E-state index in [0.717, 1.165) is 25.7 Å². The standard InChI is InChI=1S/C18H24O3/c19-17(11-9-14-5-2-1-3-6-14)12-10-15-7-4-8-16(15)13-18(20)21/h1-3,5-6,10,12,15-17,19H,4,7-9,11,13H2,(H,20,21)/b12-10+/t15?,16-,17-/m1/s1. The number of aryl methyl sites for hydroxylation is 1. The third kappa shape index (κ3) is 5.35. The fraction of sp³-hybridized carbons (Fsp3) is 0.500. The van der Waals surface area contributed by atoms with Crippen LogP contribution in [0.2, 0.25) is 0 Å². The molecule has 1 saturated carbocycles. The van der Waals surface area contributed by atoms with Crippen molar-refractivity contribution in [2.75, 3.05) is 0 Å². The molecule has 114 valence electrons. The summed E-state index contributed by atoms with van der Waals surface area (Å²) in [6.45, 7) is 0. The Hall–Kier alpha value is -1.61. The van der Waals surface area contributed by atoms with E-state index in [1.54, 1.807) is 0 Å². The molecule has 3 atom stereocenters. The van der Waals surface area contributed by atoms with Crippen LogP contribution in [0.3, 0.4) is 0 Å². The minimum Gasteiger partial charge on any atom is -0.481 e. The zero-order chi connectivity index (χ0) is 15.1. The van der Waals surface area contributed by atoms with Gasteiger partial charge in [-0.05, 0) is 43.1 Å². The Labute approximate surface area is 126 Å². The Balaban J connectivity index is 1.78. The van der Waals surface area contributed by atoms with E-state index in [0.29, 0.717) is 12.3 Å². The maximum absolute atomic E-state index is 10.8. The molecule has 1 aliphatic rings. The minimum atomic E-state index is -0.718. The molecule has 0 spiro atoms. The van der Waals surface area contributed by atoms with E-state index in [2.05, 4.69) is 12.1 Å². The Bertz CT molecular complexity index is 467. The zero-order valence-corrected chi connectivity index (χ0v) is 12.3. The van der Waals surface area contributed by atoms with Crippen molar-refractivity contribution < 1.29 is 15.0 Å². The lowest BCUT2D eigenvalue weighted by Gasteiger charge is -2.14. The number of carboxylic acid groups (broad SMARTS) is 1. The van der Waals surface area contributed by atoms with E-state index in [1.807, 2.05) is 30.4 Å². The van der Waals surface area contributed by atoms with Gasteiger partial charge in [-0.25, -0.2) is 0 Å². The van der Waals surface area contributed by atoms with E-state index in [4.69, 9.17) is 5.11 Å². The molecule has 0 radical (unpaired) electrons. The maximum Gasteiger partial charge on any atom is 0.303 e. The van der Waals surface area contributed by atoms with E-state index in [9.17, 15) is 9.90 Å². The highest BCUT2D eigenvalue weighted by molar-refractivity contribution is 5.67. The number of carboxylic acids is 1. The predicted octanol–water partition coefficient (Wildman–Crippen LogP) is 3.43. The Kier molecular flexibility index (Phi) is 6.00. The monoisotopic (exact) mass is 288 g/mol. The zero-order valence-electron chi connectivity index (χ0n) is 12.3. The van der Waals surface area contributed by atoms with Crippen molar-refractivity contribution in [3.05, 3.63) is 48.0 Å². The highest BCUT2D eigenvalue weighted by Crippen LogP contribution is 2.35. The summed E-state index contributed by atoms with van der Waals surface area (Å²) in [6.07, 6.45) is 8.37. The van der Waals surface area contributed by atoms with Gasteiger partial charge in [0.2, 0.25) is 0 Å². The number of allylic oxidation sites excluding steroid dienone is 1. The van der Waals surface area contributed by atoms with Gasteiger partial charge in [0.05, 0.1) is 6.10 Å². The van der Waals surface area contributed by atoms with E-state index in [1.165, 1.54) is 5.56 Å². The average molecular weight is 288 g/mol. The first kappa shape index (κ1) is 15.8. The van der Waals surface area contributed by atoms with Gasteiger partial charge in [-0.2, -0.15) is 0 Å². The third-order valence-corrected chi connectivity index (χ3v) is 4.31. The third-order valence-electron chi connectivity index (χ3n) is 4.31. The van der Waals surface area contributed by atoms with Crippen molar-refractivity contribution in [3.63, 3.8) is 0 Å². The molecule has 1 fully saturated rings. The topological polar surface area (TPSA) is 57.5 Å². The van der Waals surface area contributed by atoms with Crippen LogP contribution in [0.1, 0.15) is 37.7 Å². The number of aliphatic hydroxyl groups is 1. The summed E-state index contributed by atoms with van der Waals surface area (Å²) in [7, 11) is 0. The van der Waals surface area contributed by atoms with E-state index >= 15 is 0 Å². The number of hydrogen-bond donors (Lipinski definition) is 2. The fourth-order valence-electron chi connectivity index (χ4n) is 3.12. The normalized spacial score (nSPS) is 23.5. The van der Waals surface area contributed by atoms with Crippen molar-refractivity contribution >= 4 is 5.97 Å². The molecule has 2 rings (SSSR count). The van der Waals surface area contributed by atoms with Crippen molar-refractivity contribution in [1.82, 2.24) is 0 Å². The molecule has 21 heavy (non-hydrogen) atoms. The Morgan fingerprint density at radius 1 is 1.29 bits per heavy atom. The van der Waals surface area contributed by atoms with Crippen molar-refractivity contribution in [2.24, 2.45) is 11.8 Å². The van der Waals surface area contributed by atoms with Gasteiger partial charge in [0.15, 0.2) is 0 Å². The number of aliphatic hydroxyl groups excluding tert-OH is 1. The SMILES string of the molecule is O=C(O)C[C@H]1CCCC1/C=C/[C@H](O)CCc1ccccc1. The van der Waals surface area contributed by atoms with Gasteiger partial charge in [-0.3, -0.25) is 4.79 Å². The molecule has 3 heteroatoms. The Morgan fingerprint density at radius 3 is 2.76 bits per heavy atom. The lowest BCUT2D eigenvalue weighted by molar-refractivity contribution is -0.138. The summed E-state index contributed by atoms with van der Waals surface area (Å²) in [5, 5.41) is 18.9. The summed E-state index contributed by atoms with van der Waals surface area (Å²) in [4.78, 5) is 10.8. The predicted molar refractivity (Wildman–Crippen MR) is 83.0 cm³/mol. The molecule has 2 N–H and O–H groups in total. The second-order valence-electron chi connectivity index (χ2n) is 5.93. The molecule has 0 bridgehead atoms. The van der Waals surface area contributed by atoms with Crippen molar-refractivity contribution in [2.45, 2.75) is 44.6 Å². The summed E-state index contributed by atoms with van der Waals surface area (Å²) < 4.78 is 0. The van der Waals surface area contributed by atoms with Gasteiger partial charge in [-0.15, -0.1) is 0 Å². The Morgan fingerprint density at radius 2 is 2.05 bits per heavy atom. The van der Waals surface area contributed by atoms with Gasteiger partial charge in [-0.1, -0.05) is 48.9 Å². The molecular formula is C18H24O3. The number of aliphatic carboxylic acids is 1. The van der Waals surface area contributed by atoms with Crippen LogP contribution in [0, 0.1) is 11.8 Å². The number of hydrogen-bond acceptors (Lipinski definition) is 2. The molecule has 1 unspecified atom stereocenters. The first-order valence-corrected chi connectivity index (χ1v) is 7.77. The first-order valence-electron chi connectivity index (χ1n) is 7.77. The van der Waals surface area contributed by atoms with Crippen LogP contribution in [0.5, 0.6) is 0 Å². The van der Waals surface area contributed by atoms with Crippen LogP contribution in [0.4, 0.5) is 0 Å². The first-order chi connectivity index (χ1) is 10.1. The molecule has 0 heterocycles. The van der Waals surface area contributed by atoms with Gasteiger partial charge in [0, 0.05) is 6.42 Å². The molecule has 0 aliphatic heterocycles. The number of carbonyl (C=O) groups is 1. The highest BCUT2D eigenvalue weighted by atomic mass is 16.4. The average Bonchev–Trinajstić information content (AvgIpc) is 2.90. The number of rotatable bonds is 7. The summed E-state index contributed by atoms with van der Waals surface area (Å²) in [6, 6.07) is 10.1. The van der Waals surface area contributed by atoms with Crippen molar-refractivity contribution in [3.8, 4) is 0 Å². The molecule has 1 aromatic rings. The van der Waals surface area contributed by atoms with Gasteiger partial charge in [0.25, 0.3) is 0 Å². The van der Waals surface area contributed by atoms with Crippen LogP contribution >= 0.6 is 0 Å². The smallest absolute Gasteiger partial charge is 0.303 e. The largest absolute Gasteiger partial charge is 0.481 e. The van der Waals surface area contributed by atoms with E-state index in [-0.39, 0.29) is 12.3 Å². The maximum atomic E-state index is 10.8. The lowest BCUT2D eigenvalue weighted by atomic mass is 9.92. The van der Waals surface area contributed by atoms with Crippen molar-refractivity contribution in [1.29, 1.82) is 0 Å². The molecule has 1 aromatic carbocycles. The summed E-state index contributed by atoms with van der Waals surface area (Å²) >= 11 is 0. The summed E-state index contributed by atoms with van der Waals surface area (Å²) in [5.74, 6) is -0.169. The fourth-order valence-corrected chi connectivity index (χ4v) is 3.12. The molecule has 1 aliphatic carbocycles. The van der Waals surface area contributed by atoms with Gasteiger partial charge < -0.3 is 10.2 Å². The van der Waals surface area contributed by atoms with Crippen LogP contribution < -0.4 is 0 Å².